The number of aromatic carboxylic acids is 1. The molecule has 2 aliphatic rings. The van der Waals surface area contributed by atoms with Gasteiger partial charge >= 0.3 is 5.97 Å². The molecule has 0 radical (unpaired) electrons. The number of benzene rings is 2. The van der Waals surface area contributed by atoms with E-state index < -0.39 is 12.0 Å². The van der Waals surface area contributed by atoms with Gasteiger partial charge in [0.05, 0.1) is 37.0 Å². The lowest BCUT2D eigenvalue weighted by atomic mass is 9.99. The van der Waals surface area contributed by atoms with Gasteiger partial charge in [-0.25, -0.2) is 4.79 Å². The molecule has 1 saturated heterocycles. The Balaban J connectivity index is 1.49. The molecule has 0 aromatic heterocycles. The Morgan fingerprint density at radius 2 is 1.86 bits per heavy atom. The number of carboxylic acids is 1. The molecule has 11 nitrogen and oxygen atoms in total. The molecule has 11 heteroatoms. The van der Waals surface area contributed by atoms with Crippen LogP contribution in [-0.4, -0.2) is 114 Å². The standard InChI is InChI=1S/C31H42N4O7/c1-21-17-35(22(2)20-36)30(38)26-16-25(32-29(37)10-11-34-12-14-41-15-13-34)8-9-27(26)42-28(21)19-33(3)18-23-4-6-24(7-5-23)31(39)40/h4-9,16,21-22,28,36H,10-15,17-20H2,1-3H3,(H,32,37)(H,39,40)/t21-,22+,28+/m1/s1. The maximum atomic E-state index is 13.7. The van der Waals surface area contributed by atoms with Crippen LogP contribution in [0, 0.1) is 5.92 Å². The Morgan fingerprint density at radius 3 is 2.52 bits per heavy atom. The van der Waals surface area contributed by atoms with Crippen molar-refractivity contribution in [3.05, 3.63) is 59.2 Å². The van der Waals surface area contributed by atoms with Crippen LogP contribution in [0.25, 0.3) is 0 Å². The Morgan fingerprint density at radius 1 is 1.14 bits per heavy atom. The molecule has 0 aliphatic carbocycles. The maximum absolute atomic E-state index is 13.7. The second-order valence-electron chi connectivity index (χ2n) is 11.3. The van der Waals surface area contributed by atoms with Gasteiger partial charge in [0.2, 0.25) is 5.91 Å². The normalized spacial score (nSPS) is 20.3. The zero-order valence-corrected chi connectivity index (χ0v) is 24.6. The quantitative estimate of drug-likeness (QED) is 0.365. The van der Waals surface area contributed by atoms with E-state index in [2.05, 4.69) is 15.1 Å². The summed E-state index contributed by atoms with van der Waals surface area (Å²) in [6.45, 7) is 8.79. The van der Waals surface area contributed by atoms with Crippen LogP contribution in [0.3, 0.4) is 0 Å². The van der Waals surface area contributed by atoms with Crippen LogP contribution in [0.15, 0.2) is 42.5 Å². The van der Waals surface area contributed by atoms with Gasteiger partial charge in [-0.2, -0.15) is 0 Å². The van der Waals surface area contributed by atoms with Gasteiger partial charge in [-0.05, 0) is 49.9 Å². The predicted octanol–water partition coefficient (Wildman–Crippen LogP) is 2.40. The number of carboxylic acid groups (broad SMARTS) is 1. The number of nitrogens with zero attached hydrogens (tertiary/aromatic N) is 3. The summed E-state index contributed by atoms with van der Waals surface area (Å²) in [6, 6.07) is 11.5. The number of fused-ring (bicyclic) bond motifs is 1. The summed E-state index contributed by atoms with van der Waals surface area (Å²) in [6.07, 6.45) is 0.0580. The highest BCUT2D eigenvalue weighted by Crippen LogP contribution is 2.31. The summed E-state index contributed by atoms with van der Waals surface area (Å²) < 4.78 is 11.8. The maximum Gasteiger partial charge on any atom is 0.335 e. The minimum atomic E-state index is -0.961. The van der Waals surface area contributed by atoms with E-state index >= 15 is 0 Å². The summed E-state index contributed by atoms with van der Waals surface area (Å²) in [5.41, 5.74) is 2.07. The highest BCUT2D eigenvalue weighted by atomic mass is 16.5. The second-order valence-corrected chi connectivity index (χ2v) is 11.3. The summed E-state index contributed by atoms with van der Waals surface area (Å²) in [4.78, 5) is 43.6. The zero-order valence-electron chi connectivity index (χ0n) is 24.6. The van der Waals surface area contributed by atoms with E-state index in [1.54, 1.807) is 47.4 Å². The van der Waals surface area contributed by atoms with Crippen molar-refractivity contribution in [2.45, 2.75) is 39.0 Å². The van der Waals surface area contributed by atoms with Crippen LogP contribution in [0.4, 0.5) is 5.69 Å². The largest absolute Gasteiger partial charge is 0.488 e. The SMILES string of the molecule is C[C@@H]1CN([C@@H](C)CO)C(=O)c2cc(NC(=O)CCN3CCOCC3)ccc2O[C@H]1CN(C)Cc1ccc(C(=O)O)cc1. The molecule has 42 heavy (non-hydrogen) atoms. The molecule has 4 rings (SSSR count). The van der Waals surface area contributed by atoms with Crippen molar-refractivity contribution in [1.82, 2.24) is 14.7 Å². The molecule has 228 valence electrons. The van der Waals surface area contributed by atoms with Gasteiger partial charge < -0.3 is 29.9 Å². The van der Waals surface area contributed by atoms with Gasteiger partial charge in [0, 0.05) is 57.3 Å². The molecule has 1 fully saturated rings. The van der Waals surface area contributed by atoms with Crippen molar-refractivity contribution in [2.75, 3.05) is 64.9 Å². The van der Waals surface area contributed by atoms with Crippen LogP contribution >= 0.6 is 0 Å². The van der Waals surface area contributed by atoms with Crippen molar-refractivity contribution in [3.8, 4) is 5.75 Å². The van der Waals surface area contributed by atoms with Crippen molar-refractivity contribution < 1.29 is 34.1 Å². The minimum Gasteiger partial charge on any atom is -0.488 e. The number of aliphatic hydroxyl groups is 1. The van der Waals surface area contributed by atoms with Gasteiger partial charge in [0.1, 0.15) is 11.9 Å². The van der Waals surface area contributed by atoms with Crippen LogP contribution < -0.4 is 10.1 Å². The number of nitrogens with one attached hydrogen (secondary N) is 1. The number of rotatable bonds is 11. The fraction of sp³-hybridized carbons (Fsp3) is 0.516. The predicted molar refractivity (Wildman–Crippen MR) is 158 cm³/mol. The molecule has 3 atom stereocenters. The van der Waals surface area contributed by atoms with Gasteiger partial charge in [0.15, 0.2) is 0 Å². The average molecular weight is 583 g/mol. The summed E-state index contributed by atoms with van der Waals surface area (Å²) in [5.74, 6) is -0.971. The molecular weight excluding hydrogens is 540 g/mol. The molecule has 2 aromatic carbocycles. The number of amides is 2. The van der Waals surface area contributed by atoms with Gasteiger partial charge in [0.25, 0.3) is 5.91 Å². The lowest BCUT2D eigenvalue weighted by molar-refractivity contribution is -0.116. The molecule has 0 saturated carbocycles. The first-order valence-electron chi connectivity index (χ1n) is 14.5. The molecule has 0 bridgehead atoms. The number of ether oxygens (including phenoxy) is 2. The van der Waals surface area contributed by atoms with Crippen molar-refractivity contribution >= 4 is 23.5 Å². The first-order valence-corrected chi connectivity index (χ1v) is 14.5. The Kier molecular flexibility index (Phi) is 10.9. The molecule has 2 aromatic rings. The van der Waals surface area contributed by atoms with Gasteiger partial charge in [-0.1, -0.05) is 19.1 Å². The van der Waals surface area contributed by atoms with E-state index in [1.807, 2.05) is 20.9 Å². The third-order valence-corrected chi connectivity index (χ3v) is 7.85. The Labute approximate surface area is 247 Å². The third-order valence-electron chi connectivity index (χ3n) is 7.85. The topological polar surface area (TPSA) is 132 Å². The zero-order chi connectivity index (χ0) is 30.2. The van der Waals surface area contributed by atoms with E-state index in [0.29, 0.717) is 62.8 Å². The Bertz CT molecular complexity index is 1230. The number of likely N-dealkylation sites (N-methyl/N-ethyl adjacent to an activating group) is 1. The minimum absolute atomic E-state index is 0.0486. The molecule has 2 aliphatic heterocycles. The number of anilines is 1. The van der Waals surface area contributed by atoms with Crippen LogP contribution in [0.2, 0.25) is 0 Å². The van der Waals surface area contributed by atoms with E-state index in [4.69, 9.17) is 14.6 Å². The van der Waals surface area contributed by atoms with Crippen molar-refractivity contribution in [2.24, 2.45) is 5.92 Å². The first kappa shape index (κ1) is 31.4. The first-order chi connectivity index (χ1) is 20.1. The smallest absolute Gasteiger partial charge is 0.335 e. The van der Waals surface area contributed by atoms with Crippen molar-refractivity contribution in [3.63, 3.8) is 0 Å². The molecule has 2 amide bonds. The molecule has 0 spiro atoms. The molecule has 2 heterocycles. The van der Waals surface area contributed by atoms with Crippen LogP contribution in [0.1, 0.15) is 46.5 Å². The lowest BCUT2D eigenvalue weighted by Crippen LogP contribution is -2.49. The monoisotopic (exact) mass is 582 g/mol. The van der Waals surface area contributed by atoms with E-state index in [9.17, 15) is 19.5 Å². The fourth-order valence-electron chi connectivity index (χ4n) is 5.26. The summed E-state index contributed by atoms with van der Waals surface area (Å²) in [7, 11) is 1.97. The number of carbonyl (C=O) groups excluding carboxylic acids is 2. The average Bonchev–Trinajstić information content (AvgIpc) is 2.98. The van der Waals surface area contributed by atoms with E-state index in [-0.39, 0.29) is 36.0 Å². The van der Waals surface area contributed by atoms with Crippen LogP contribution in [0.5, 0.6) is 5.75 Å². The van der Waals surface area contributed by atoms with E-state index in [0.717, 1.165) is 18.7 Å². The van der Waals surface area contributed by atoms with Gasteiger partial charge in [-0.3, -0.25) is 19.4 Å². The number of carbonyl (C=O) groups is 3. The van der Waals surface area contributed by atoms with Crippen molar-refractivity contribution in [1.29, 1.82) is 0 Å². The second kappa shape index (κ2) is 14.6. The highest BCUT2D eigenvalue weighted by Gasteiger charge is 2.33. The fourth-order valence-corrected chi connectivity index (χ4v) is 5.26. The Hall–Kier alpha value is -3.51. The molecule has 3 N–H and O–H groups in total. The van der Waals surface area contributed by atoms with E-state index in [1.165, 1.54) is 0 Å². The summed E-state index contributed by atoms with van der Waals surface area (Å²) in [5, 5.41) is 22.0. The number of hydrogen-bond donors (Lipinski definition) is 3. The number of hydrogen-bond acceptors (Lipinski definition) is 8. The highest BCUT2D eigenvalue weighted by molar-refractivity contribution is 6.00. The summed E-state index contributed by atoms with van der Waals surface area (Å²) >= 11 is 0. The molecule has 0 unspecified atom stereocenters. The third kappa shape index (κ3) is 8.28. The number of aliphatic hydroxyl groups excluding tert-OH is 1. The number of morpholine rings is 1. The molecular formula is C31H42N4O7. The van der Waals surface area contributed by atoms with Gasteiger partial charge in [-0.15, -0.1) is 0 Å². The van der Waals surface area contributed by atoms with Crippen LogP contribution in [-0.2, 0) is 16.1 Å². The lowest BCUT2D eigenvalue weighted by Gasteiger charge is -2.38.